The molecule has 2 nitrogen and oxygen atoms in total. The second-order valence-electron chi connectivity index (χ2n) is 11.9. The molecule has 0 saturated heterocycles. The van der Waals surface area contributed by atoms with Gasteiger partial charge in [0.2, 0.25) is 0 Å². The molecule has 1 N–H and O–H groups in total. The second-order valence-corrected chi connectivity index (χ2v) is 12.3. The van der Waals surface area contributed by atoms with Crippen molar-refractivity contribution in [3.63, 3.8) is 0 Å². The fourth-order valence-electron chi connectivity index (χ4n) is 5.93. The Balaban J connectivity index is 1.29. The van der Waals surface area contributed by atoms with Gasteiger partial charge >= 0.3 is 0 Å². The molecule has 0 radical (unpaired) electrons. The number of rotatable bonds is 9. The van der Waals surface area contributed by atoms with Crippen LogP contribution < -0.4 is 5.32 Å². The van der Waals surface area contributed by atoms with Gasteiger partial charge in [0, 0.05) is 28.3 Å². The predicted octanol–water partition coefficient (Wildman–Crippen LogP) is 10.4. The fraction of sp³-hybridized carbons (Fsp3) is 0.417. The maximum atomic E-state index is 6.98. The molecular weight excluding hydrogens is 496 g/mol. The average molecular weight is 539 g/mol. The van der Waals surface area contributed by atoms with Crippen molar-refractivity contribution in [3.8, 4) is 0 Å². The summed E-state index contributed by atoms with van der Waals surface area (Å²) in [5, 5.41) is 4.51. The van der Waals surface area contributed by atoms with Crippen molar-refractivity contribution in [1.29, 1.82) is 0 Å². The van der Waals surface area contributed by atoms with Crippen molar-refractivity contribution in [2.45, 2.75) is 97.3 Å². The summed E-state index contributed by atoms with van der Waals surface area (Å²) in [5.74, 6) is 0. The Bertz CT molecular complexity index is 1380. The Kier molecular flexibility index (Phi) is 8.62. The lowest BCUT2D eigenvalue weighted by Gasteiger charge is -2.22. The molecule has 0 spiro atoms. The van der Waals surface area contributed by atoms with Crippen LogP contribution in [0.1, 0.15) is 94.9 Å². The average Bonchev–Trinajstić information content (AvgIpc) is 3.46. The lowest BCUT2D eigenvalue weighted by molar-refractivity contribution is 0.734. The number of benzene rings is 2. The molecule has 0 bridgehead atoms. The summed E-state index contributed by atoms with van der Waals surface area (Å²) in [6.45, 7) is 9.08. The van der Waals surface area contributed by atoms with Crippen molar-refractivity contribution in [2.24, 2.45) is 4.99 Å². The number of nitrogens with zero attached hydrogens (tertiary/aromatic N) is 1. The van der Waals surface area contributed by atoms with Gasteiger partial charge in [0.05, 0.1) is 11.4 Å². The van der Waals surface area contributed by atoms with Crippen molar-refractivity contribution in [1.82, 2.24) is 0 Å². The van der Waals surface area contributed by atoms with Crippen molar-refractivity contribution in [2.75, 3.05) is 5.32 Å². The molecule has 2 aromatic rings. The number of halogens is 1. The van der Waals surface area contributed by atoms with E-state index in [4.69, 9.17) is 16.6 Å². The van der Waals surface area contributed by atoms with Gasteiger partial charge in [-0.1, -0.05) is 88.6 Å². The van der Waals surface area contributed by atoms with Crippen LogP contribution in [-0.2, 0) is 24.7 Å². The molecule has 2 heterocycles. The molecule has 0 unspecified atom stereocenters. The van der Waals surface area contributed by atoms with Crippen LogP contribution >= 0.6 is 11.6 Å². The van der Waals surface area contributed by atoms with E-state index in [-0.39, 0.29) is 5.41 Å². The molecule has 0 fully saturated rings. The zero-order valence-corrected chi connectivity index (χ0v) is 24.9. The van der Waals surface area contributed by atoms with Crippen LogP contribution in [0, 0.1) is 0 Å². The normalized spacial score (nSPS) is 20.1. The monoisotopic (exact) mass is 538 g/mol. The molecule has 0 saturated carbocycles. The van der Waals surface area contributed by atoms with Crippen LogP contribution in [0.4, 0.5) is 11.4 Å². The van der Waals surface area contributed by atoms with Gasteiger partial charge in [-0.05, 0) is 103 Å². The van der Waals surface area contributed by atoms with Gasteiger partial charge in [-0.2, -0.15) is 0 Å². The van der Waals surface area contributed by atoms with Gasteiger partial charge in [-0.25, -0.2) is 0 Å². The lowest BCUT2D eigenvalue weighted by Crippen LogP contribution is -2.24. The largest absolute Gasteiger partial charge is 0.358 e. The Morgan fingerprint density at radius 3 is 2.44 bits per heavy atom. The molecule has 3 aliphatic rings. The zero-order chi connectivity index (χ0) is 27.4. The first kappa shape index (κ1) is 27.7. The maximum Gasteiger partial charge on any atom is 0.0674 e. The smallest absolute Gasteiger partial charge is 0.0674 e. The number of aryl methyl sites for hydroxylation is 2. The van der Waals surface area contributed by atoms with Crippen LogP contribution in [-0.4, -0.2) is 5.71 Å². The zero-order valence-electron chi connectivity index (χ0n) is 24.2. The first-order valence-corrected chi connectivity index (χ1v) is 15.3. The van der Waals surface area contributed by atoms with E-state index < -0.39 is 0 Å². The minimum absolute atomic E-state index is 0.0988. The summed E-state index contributed by atoms with van der Waals surface area (Å²) >= 11 is 6.98. The Labute approximate surface area is 240 Å². The first-order valence-electron chi connectivity index (χ1n) is 15.0. The van der Waals surface area contributed by atoms with Gasteiger partial charge < -0.3 is 5.32 Å². The van der Waals surface area contributed by atoms with E-state index in [0.717, 1.165) is 48.5 Å². The van der Waals surface area contributed by atoms with Gasteiger partial charge in [0.1, 0.15) is 0 Å². The van der Waals surface area contributed by atoms with Gasteiger partial charge in [-0.3, -0.25) is 4.99 Å². The summed E-state index contributed by atoms with van der Waals surface area (Å²) in [7, 11) is 0. The Morgan fingerprint density at radius 2 is 1.67 bits per heavy atom. The summed E-state index contributed by atoms with van der Waals surface area (Å²) in [5.41, 5.74) is 12.7. The van der Waals surface area contributed by atoms with E-state index in [2.05, 4.69) is 93.7 Å². The topological polar surface area (TPSA) is 24.4 Å². The van der Waals surface area contributed by atoms with E-state index in [1.54, 1.807) is 0 Å². The molecule has 1 aliphatic carbocycles. The molecule has 0 amide bonds. The third-order valence-corrected chi connectivity index (χ3v) is 8.97. The molecule has 204 valence electrons. The minimum atomic E-state index is -0.0988. The molecule has 2 aromatic carbocycles. The molecule has 0 aromatic heterocycles. The van der Waals surface area contributed by atoms with E-state index in [0.29, 0.717) is 0 Å². The summed E-state index contributed by atoms with van der Waals surface area (Å²) in [4.78, 5) is 5.02. The molecular formula is C36H43ClN2. The maximum absolute atomic E-state index is 6.98. The van der Waals surface area contributed by atoms with Crippen LogP contribution in [0.25, 0.3) is 0 Å². The fourth-order valence-corrected chi connectivity index (χ4v) is 6.25. The van der Waals surface area contributed by atoms with E-state index in [1.165, 1.54) is 76.9 Å². The van der Waals surface area contributed by atoms with Crippen molar-refractivity contribution in [3.05, 3.63) is 105 Å². The molecule has 0 atom stereocenters. The first-order chi connectivity index (χ1) is 18.9. The molecule has 3 heteroatoms. The molecule has 2 aliphatic heterocycles. The third kappa shape index (κ3) is 6.17. The number of hydrogen-bond acceptors (Lipinski definition) is 2. The highest BCUT2D eigenvalue weighted by Crippen LogP contribution is 2.42. The second kappa shape index (κ2) is 12.1. The van der Waals surface area contributed by atoms with E-state index in [9.17, 15) is 0 Å². The number of allylic oxidation sites excluding steroid dienone is 8. The Hall–Kier alpha value is -2.84. The van der Waals surface area contributed by atoms with Crippen LogP contribution in [0.3, 0.4) is 0 Å². The highest BCUT2D eigenvalue weighted by molar-refractivity contribution is 6.32. The summed E-state index contributed by atoms with van der Waals surface area (Å²) in [6, 6.07) is 13.7. The lowest BCUT2D eigenvalue weighted by atomic mass is 9.80. The van der Waals surface area contributed by atoms with Crippen molar-refractivity contribution >= 4 is 28.7 Å². The van der Waals surface area contributed by atoms with Gasteiger partial charge in [-0.15, -0.1) is 0 Å². The number of nitrogens with one attached hydrogen (secondary N) is 1. The number of aliphatic imine (C=N–C) groups is 1. The van der Waals surface area contributed by atoms with Gasteiger partial charge in [0.25, 0.3) is 0 Å². The minimum Gasteiger partial charge on any atom is -0.358 e. The highest BCUT2D eigenvalue weighted by Gasteiger charge is 2.33. The summed E-state index contributed by atoms with van der Waals surface area (Å²) < 4.78 is 0. The number of fused-ring (bicyclic) bond motifs is 2. The predicted molar refractivity (Wildman–Crippen MR) is 170 cm³/mol. The van der Waals surface area contributed by atoms with Crippen LogP contribution in [0.5, 0.6) is 0 Å². The quantitative estimate of drug-likeness (QED) is 0.337. The molecule has 39 heavy (non-hydrogen) atoms. The Morgan fingerprint density at radius 1 is 0.923 bits per heavy atom. The number of hydrogen-bond donors (Lipinski definition) is 1. The van der Waals surface area contributed by atoms with E-state index >= 15 is 0 Å². The highest BCUT2D eigenvalue weighted by atomic mass is 35.5. The standard InChI is InChI=1S/C36H43ClN2/c1-5-7-10-25-14-19-32-29(22-25)24-30(38-32)18-16-27-12-9-13-28(35(27)37)17-21-34-36(3,4)31-23-26(11-8-6-2)15-20-33(31)39-34/h14-23,38H,5-13,24H2,1-4H3/b21-17+,27-16-,30-18-. The van der Waals surface area contributed by atoms with Crippen molar-refractivity contribution < 1.29 is 0 Å². The molecule has 5 rings (SSSR count). The summed E-state index contributed by atoms with van der Waals surface area (Å²) in [6.07, 6.45) is 20.2. The van der Waals surface area contributed by atoms with Crippen LogP contribution in [0.2, 0.25) is 0 Å². The van der Waals surface area contributed by atoms with Crippen LogP contribution in [0.15, 0.2) is 87.6 Å². The SMILES string of the molecule is CCCCc1ccc2c(c1)C/C(=C/C=C1/CCCC(/C=C/C3=Nc4ccc(CCCC)cc4C3(C)C)=C1Cl)N2. The third-order valence-electron chi connectivity index (χ3n) is 8.48. The number of anilines is 1. The number of unbranched alkanes of at least 4 members (excludes halogenated alkanes) is 2. The van der Waals surface area contributed by atoms with Gasteiger partial charge in [0.15, 0.2) is 0 Å². The van der Waals surface area contributed by atoms with E-state index in [1.807, 2.05) is 0 Å².